The molecule has 0 saturated heterocycles. The maximum absolute atomic E-state index is 13.2. The van der Waals surface area contributed by atoms with Crippen LogP contribution in [0.3, 0.4) is 0 Å². The molecule has 0 saturated carbocycles. The number of hydrogen-bond acceptors (Lipinski definition) is 2. The average Bonchev–Trinajstić information content (AvgIpc) is 2.58. The van der Waals surface area contributed by atoms with Crippen molar-refractivity contribution in [3.05, 3.63) is 75.8 Å². The lowest BCUT2D eigenvalue weighted by atomic mass is 10.1. The highest BCUT2D eigenvalue weighted by atomic mass is 19.4. The fourth-order valence-electron chi connectivity index (χ4n) is 2.87. The van der Waals surface area contributed by atoms with E-state index < -0.39 is 17.3 Å². The van der Waals surface area contributed by atoms with E-state index in [4.69, 9.17) is 0 Å². The largest absolute Gasteiger partial charge is 0.417 e. The lowest BCUT2D eigenvalue weighted by Gasteiger charge is -2.21. The Balaban J connectivity index is 2.04. The van der Waals surface area contributed by atoms with Crippen molar-refractivity contribution in [2.75, 3.05) is 11.9 Å². The first-order valence-electron chi connectivity index (χ1n) is 7.83. The van der Waals surface area contributed by atoms with Crippen LogP contribution >= 0.6 is 0 Å². The highest BCUT2D eigenvalue weighted by molar-refractivity contribution is 5.86. The lowest BCUT2D eigenvalue weighted by molar-refractivity contribution is -0.136. The van der Waals surface area contributed by atoms with Crippen molar-refractivity contribution < 1.29 is 17.6 Å². The van der Waals surface area contributed by atoms with Gasteiger partial charge in [0.05, 0.1) is 11.1 Å². The van der Waals surface area contributed by atoms with Gasteiger partial charge in [-0.1, -0.05) is 18.2 Å². The molecule has 0 fully saturated rings. The van der Waals surface area contributed by atoms with Gasteiger partial charge in [-0.3, -0.25) is 4.79 Å². The fourth-order valence-corrected chi connectivity index (χ4v) is 2.87. The lowest BCUT2D eigenvalue weighted by Crippen LogP contribution is -2.21. The molecule has 3 rings (SSSR count). The highest BCUT2D eigenvalue weighted by Crippen LogP contribution is 2.34. The van der Waals surface area contributed by atoms with E-state index in [1.54, 1.807) is 31.3 Å². The topological polar surface area (TPSA) is 25.2 Å². The van der Waals surface area contributed by atoms with Crippen molar-refractivity contribution in [3.63, 3.8) is 0 Å². The molecule has 0 bridgehead atoms. The summed E-state index contributed by atoms with van der Waals surface area (Å²) in [5, 5.41) is -0.0291. The monoisotopic (exact) mass is 364 g/mol. The molecule has 0 aliphatic rings. The van der Waals surface area contributed by atoms with Gasteiger partial charge in [0.25, 0.3) is 5.56 Å². The van der Waals surface area contributed by atoms with Crippen molar-refractivity contribution in [3.8, 4) is 0 Å². The number of aromatic nitrogens is 1. The minimum atomic E-state index is -4.60. The van der Waals surface area contributed by atoms with Gasteiger partial charge in [-0.2, -0.15) is 13.2 Å². The maximum Gasteiger partial charge on any atom is 0.417 e. The van der Waals surface area contributed by atoms with E-state index in [-0.39, 0.29) is 16.7 Å². The van der Waals surface area contributed by atoms with E-state index in [0.29, 0.717) is 18.3 Å². The smallest absolute Gasteiger partial charge is 0.370 e. The van der Waals surface area contributed by atoms with E-state index in [2.05, 4.69) is 0 Å². The predicted molar refractivity (Wildman–Crippen MR) is 92.7 cm³/mol. The molecule has 0 atom stereocenters. The molecule has 26 heavy (non-hydrogen) atoms. The third-order valence-corrected chi connectivity index (χ3v) is 4.31. The summed E-state index contributed by atoms with van der Waals surface area (Å²) in [5.74, 6) is -0.336. The molecule has 0 radical (unpaired) electrons. The van der Waals surface area contributed by atoms with Crippen LogP contribution in [0.1, 0.15) is 11.1 Å². The minimum absolute atomic E-state index is 0.0291. The molecular formula is C19H16F4N2O. The van der Waals surface area contributed by atoms with Gasteiger partial charge in [0, 0.05) is 37.8 Å². The Bertz CT molecular complexity index is 1010. The van der Waals surface area contributed by atoms with E-state index in [1.807, 2.05) is 4.90 Å². The Labute approximate surface area is 147 Å². The van der Waals surface area contributed by atoms with Crippen LogP contribution in [-0.4, -0.2) is 11.6 Å². The molecule has 0 aliphatic carbocycles. The van der Waals surface area contributed by atoms with Crippen molar-refractivity contribution in [2.45, 2.75) is 12.7 Å². The summed E-state index contributed by atoms with van der Waals surface area (Å²) in [7, 11) is 3.21. The van der Waals surface area contributed by atoms with Crippen LogP contribution in [0, 0.1) is 5.82 Å². The predicted octanol–water partition coefficient (Wildman–Crippen LogP) is 4.33. The van der Waals surface area contributed by atoms with Gasteiger partial charge >= 0.3 is 6.18 Å². The molecule has 0 aliphatic heterocycles. The van der Waals surface area contributed by atoms with Crippen molar-refractivity contribution in [1.29, 1.82) is 0 Å². The van der Waals surface area contributed by atoms with Gasteiger partial charge in [0.1, 0.15) is 5.82 Å². The summed E-state index contributed by atoms with van der Waals surface area (Å²) in [5.41, 5.74) is 0.0443. The summed E-state index contributed by atoms with van der Waals surface area (Å²) in [6.07, 6.45) is -4.60. The standard InChI is InChI=1S/C19H16F4N2O/c1-24(11-12-3-5-13(20)6-4-12)14-7-8-15-16(19(21,22)23)10-18(26)25(2)17(15)9-14/h3-10H,11H2,1-2H3. The number of anilines is 1. The molecule has 1 heterocycles. The number of benzene rings is 2. The summed E-state index contributed by atoms with van der Waals surface area (Å²) in [4.78, 5) is 13.7. The van der Waals surface area contributed by atoms with Crippen LogP contribution in [0.2, 0.25) is 0 Å². The summed E-state index contributed by atoms with van der Waals surface area (Å²) in [6, 6.07) is 11.1. The number of aryl methyl sites for hydroxylation is 1. The number of rotatable bonds is 3. The van der Waals surface area contributed by atoms with E-state index >= 15 is 0 Å². The van der Waals surface area contributed by atoms with E-state index in [0.717, 1.165) is 5.56 Å². The highest BCUT2D eigenvalue weighted by Gasteiger charge is 2.33. The first-order chi connectivity index (χ1) is 12.2. The summed E-state index contributed by atoms with van der Waals surface area (Å²) >= 11 is 0. The van der Waals surface area contributed by atoms with E-state index in [1.165, 1.54) is 29.8 Å². The van der Waals surface area contributed by atoms with Gasteiger partial charge in [0.2, 0.25) is 0 Å². The van der Waals surface area contributed by atoms with Crippen LogP contribution in [0.5, 0.6) is 0 Å². The second-order valence-corrected chi connectivity index (χ2v) is 6.14. The summed E-state index contributed by atoms with van der Waals surface area (Å²) in [6.45, 7) is 0.443. The quantitative estimate of drug-likeness (QED) is 0.647. The Morgan fingerprint density at radius 3 is 2.31 bits per heavy atom. The number of pyridine rings is 1. The Kier molecular flexibility index (Phi) is 4.48. The molecule has 0 spiro atoms. The number of halogens is 4. The minimum Gasteiger partial charge on any atom is -0.370 e. The first-order valence-corrected chi connectivity index (χ1v) is 7.83. The molecule has 0 unspecified atom stereocenters. The van der Waals surface area contributed by atoms with Crippen LogP contribution in [0.25, 0.3) is 10.9 Å². The van der Waals surface area contributed by atoms with E-state index in [9.17, 15) is 22.4 Å². The van der Waals surface area contributed by atoms with Crippen molar-refractivity contribution in [2.24, 2.45) is 7.05 Å². The molecule has 2 aromatic carbocycles. The fraction of sp³-hybridized carbons (Fsp3) is 0.211. The van der Waals surface area contributed by atoms with Gasteiger partial charge < -0.3 is 9.47 Å². The van der Waals surface area contributed by atoms with Gasteiger partial charge in [-0.05, 0) is 29.8 Å². The zero-order chi connectivity index (χ0) is 19.1. The van der Waals surface area contributed by atoms with Crippen LogP contribution in [-0.2, 0) is 19.8 Å². The van der Waals surface area contributed by atoms with Gasteiger partial charge in [-0.15, -0.1) is 0 Å². The maximum atomic E-state index is 13.2. The second kappa shape index (κ2) is 6.48. The second-order valence-electron chi connectivity index (χ2n) is 6.14. The third-order valence-electron chi connectivity index (χ3n) is 4.31. The van der Waals surface area contributed by atoms with Crippen molar-refractivity contribution in [1.82, 2.24) is 4.57 Å². The first kappa shape index (κ1) is 18.0. The zero-order valence-electron chi connectivity index (χ0n) is 14.1. The van der Waals surface area contributed by atoms with Crippen LogP contribution in [0.4, 0.5) is 23.2 Å². The number of fused-ring (bicyclic) bond motifs is 1. The molecule has 0 N–H and O–H groups in total. The number of alkyl halides is 3. The molecule has 3 aromatic rings. The van der Waals surface area contributed by atoms with Crippen LogP contribution < -0.4 is 10.5 Å². The molecule has 136 valence electrons. The van der Waals surface area contributed by atoms with Gasteiger partial charge in [0.15, 0.2) is 0 Å². The summed E-state index contributed by atoms with van der Waals surface area (Å²) < 4.78 is 53.9. The number of nitrogens with zero attached hydrogens (tertiary/aromatic N) is 2. The molecule has 7 heteroatoms. The Morgan fingerprint density at radius 1 is 1.04 bits per heavy atom. The van der Waals surface area contributed by atoms with Crippen molar-refractivity contribution >= 4 is 16.6 Å². The zero-order valence-corrected chi connectivity index (χ0v) is 14.1. The molecule has 0 amide bonds. The molecular weight excluding hydrogens is 348 g/mol. The molecule has 1 aromatic heterocycles. The third kappa shape index (κ3) is 3.42. The SMILES string of the molecule is CN(Cc1ccc(F)cc1)c1ccc2c(C(F)(F)F)cc(=O)n(C)c2c1. The van der Waals surface area contributed by atoms with Gasteiger partial charge in [-0.25, -0.2) is 4.39 Å². The number of hydrogen-bond donors (Lipinski definition) is 0. The molecule has 3 nitrogen and oxygen atoms in total. The Hall–Kier alpha value is -2.83. The normalized spacial score (nSPS) is 11.8. The van der Waals surface area contributed by atoms with Crippen LogP contribution in [0.15, 0.2) is 53.3 Å². The average molecular weight is 364 g/mol. The Morgan fingerprint density at radius 2 is 1.69 bits per heavy atom.